The van der Waals surface area contributed by atoms with E-state index in [9.17, 15) is 4.79 Å². The van der Waals surface area contributed by atoms with Gasteiger partial charge in [-0.1, -0.05) is 6.92 Å². The molecule has 1 aromatic carbocycles. The van der Waals surface area contributed by atoms with E-state index in [-0.39, 0.29) is 5.91 Å². The Bertz CT molecular complexity index is 580. The summed E-state index contributed by atoms with van der Waals surface area (Å²) in [6, 6.07) is 5.46. The Kier molecular flexibility index (Phi) is 4.95. The van der Waals surface area contributed by atoms with Crippen LogP contribution in [0.4, 0.5) is 0 Å². The van der Waals surface area contributed by atoms with Crippen LogP contribution in [0, 0.1) is 0 Å². The van der Waals surface area contributed by atoms with Gasteiger partial charge >= 0.3 is 0 Å². The molecule has 0 aliphatic carbocycles. The molecule has 0 atom stereocenters. The Balaban J connectivity index is 1.88. The molecule has 0 aliphatic heterocycles. The van der Waals surface area contributed by atoms with Gasteiger partial charge in [-0.25, -0.2) is 4.98 Å². The van der Waals surface area contributed by atoms with Crippen LogP contribution in [0.3, 0.4) is 0 Å². The van der Waals surface area contributed by atoms with Crippen LogP contribution in [0.5, 0.6) is 5.75 Å². The molecule has 0 bridgehead atoms. The van der Waals surface area contributed by atoms with Crippen LogP contribution in [0.2, 0.25) is 0 Å². The van der Waals surface area contributed by atoms with Crippen molar-refractivity contribution >= 4 is 17.0 Å². The average Bonchev–Trinajstić information content (AvgIpc) is 2.87. The summed E-state index contributed by atoms with van der Waals surface area (Å²) in [4.78, 5) is 15.7. The van der Waals surface area contributed by atoms with Gasteiger partial charge in [0, 0.05) is 25.6 Å². The zero-order valence-corrected chi connectivity index (χ0v) is 11.5. The molecular formula is C14H19N3O3. The number of aryl methyl sites for hydroxylation is 1. The summed E-state index contributed by atoms with van der Waals surface area (Å²) in [5, 5.41) is 2.69. The van der Waals surface area contributed by atoms with Crippen LogP contribution >= 0.6 is 0 Å². The molecule has 0 saturated carbocycles. The lowest BCUT2D eigenvalue weighted by Gasteiger charge is -2.06. The molecule has 1 amide bonds. The average molecular weight is 277 g/mol. The number of nitrogens with two attached hydrogens (primary N) is 1. The molecular weight excluding hydrogens is 258 g/mol. The summed E-state index contributed by atoms with van der Waals surface area (Å²) in [5.74, 6) is 1.31. The highest BCUT2D eigenvalue weighted by Crippen LogP contribution is 2.21. The normalized spacial score (nSPS) is 10.7. The molecule has 0 aliphatic rings. The predicted octanol–water partition coefficient (Wildman–Crippen LogP) is 1.23. The van der Waals surface area contributed by atoms with E-state index in [2.05, 4.69) is 10.3 Å². The van der Waals surface area contributed by atoms with Crippen molar-refractivity contribution in [2.24, 2.45) is 5.73 Å². The Morgan fingerprint density at radius 2 is 2.35 bits per heavy atom. The second kappa shape index (κ2) is 6.91. The molecule has 1 aromatic heterocycles. The van der Waals surface area contributed by atoms with Gasteiger partial charge in [0.05, 0.1) is 13.0 Å². The number of amides is 1. The maximum Gasteiger partial charge on any atom is 0.223 e. The van der Waals surface area contributed by atoms with Crippen LogP contribution in [-0.4, -0.2) is 30.6 Å². The van der Waals surface area contributed by atoms with Gasteiger partial charge in [0.15, 0.2) is 11.5 Å². The summed E-state index contributed by atoms with van der Waals surface area (Å²) in [7, 11) is 0. The van der Waals surface area contributed by atoms with Crippen molar-refractivity contribution in [3.8, 4) is 5.75 Å². The summed E-state index contributed by atoms with van der Waals surface area (Å²) >= 11 is 0. The molecule has 0 spiro atoms. The fourth-order valence-corrected chi connectivity index (χ4v) is 1.76. The van der Waals surface area contributed by atoms with E-state index in [0.717, 1.165) is 11.9 Å². The van der Waals surface area contributed by atoms with Crippen LogP contribution in [0.15, 0.2) is 22.6 Å². The number of fused-ring (bicyclic) bond motifs is 1. The van der Waals surface area contributed by atoms with Gasteiger partial charge in [-0.2, -0.15) is 0 Å². The smallest absolute Gasteiger partial charge is 0.223 e. The van der Waals surface area contributed by atoms with Crippen molar-refractivity contribution < 1.29 is 13.9 Å². The van der Waals surface area contributed by atoms with Gasteiger partial charge in [-0.3, -0.25) is 4.79 Å². The van der Waals surface area contributed by atoms with E-state index in [4.69, 9.17) is 14.9 Å². The van der Waals surface area contributed by atoms with Gasteiger partial charge in [0.25, 0.3) is 0 Å². The van der Waals surface area contributed by atoms with Crippen molar-refractivity contribution in [2.75, 3.05) is 19.7 Å². The lowest BCUT2D eigenvalue weighted by atomic mass is 10.3. The summed E-state index contributed by atoms with van der Waals surface area (Å²) in [6.45, 7) is 3.23. The molecule has 2 rings (SSSR count). The topological polar surface area (TPSA) is 90.4 Å². The molecule has 2 aromatic rings. The van der Waals surface area contributed by atoms with Gasteiger partial charge in [-0.15, -0.1) is 0 Å². The Morgan fingerprint density at radius 1 is 1.50 bits per heavy atom. The van der Waals surface area contributed by atoms with Crippen LogP contribution in [-0.2, 0) is 11.2 Å². The molecule has 0 saturated heterocycles. The van der Waals surface area contributed by atoms with Gasteiger partial charge in [0.1, 0.15) is 11.3 Å². The lowest BCUT2D eigenvalue weighted by molar-refractivity contribution is -0.121. The van der Waals surface area contributed by atoms with Crippen molar-refractivity contribution in [1.82, 2.24) is 10.3 Å². The van der Waals surface area contributed by atoms with Gasteiger partial charge < -0.3 is 20.2 Å². The van der Waals surface area contributed by atoms with Crippen LogP contribution in [0.25, 0.3) is 11.1 Å². The van der Waals surface area contributed by atoms with Crippen molar-refractivity contribution in [3.63, 3.8) is 0 Å². The SMILES string of the molecule is CCc1nc2ccc(OCCC(=O)NCCN)cc2o1. The molecule has 6 heteroatoms. The fourth-order valence-electron chi connectivity index (χ4n) is 1.76. The number of ether oxygens (including phenoxy) is 1. The first kappa shape index (κ1) is 14.3. The number of oxazole rings is 1. The van der Waals surface area contributed by atoms with E-state index in [1.54, 1.807) is 6.07 Å². The molecule has 3 N–H and O–H groups in total. The van der Waals surface area contributed by atoms with Gasteiger partial charge in [0.2, 0.25) is 5.91 Å². The minimum absolute atomic E-state index is 0.0653. The Morgan fingerprint density at radius 3 is 3.10 bits per heavy atom. The number of carbonyl (C=O) groups is 1. The van der Waals surface area contributed by atoms with E-state index < -0.39 is 0 Å². The van der Waals surface area contributed by atoms with Crippen molar-refractivity contribution in [1.29, 1.82) is 0 Å². The first-order chi connectivity index (χ1) is 9.72. The highest BCUT2D eigenvalue weighted by atomic mass is 16.5. The second-order valence-corrected chi connectivity index (χ2v) is 4.33. The maximum absolute atomic E-state index is 11.4. The predicted molar refractivity (Wildman–Crippen MR) is 75.6 cm³/mol. The molecule has 6 nitrogen and oxygen atoms in total. The number of hydrogen-bond acceptors (Lipinski definition) is 5. The number of nitrogens with one attached hydrogen (secondary N) is 1. The molecule has 20 heavy (non-hydrogen) atoms. The Labute approximate surface area is 117 Å². The summed E-state index contributed by atoms with van der Waals surface area (Å²) in [5.41, 5.74) is 6.82. The Hall–Kier alpha value is -2.08. The quantitative estimate of drug-likeness (QED) is 0.794. The number of nitrogens with zero attached hydrogens (tertiary/aromatic N) is 1. The minimum atomic E-state index is -0.0653. The number of carbonyl (C=O) groups excluding carboxylic acids is 1. The number of rotatable bonds is 7. The number of benzene rings is 1. The molecule has 0 fully saturated rings. The number of aromatic nitrogens is 1. The maximum atomic E-state index is 11.4. The second-order valence-electron chi connectivity index (χ2n) is 4.33. The third kappa shape index (κ3) is 3.71. The zero-order valence-electron chi connectivity index (χ0n) is 11.5. The van der Waals surface area contributed by atoms with Gasteiger partial charge in [-0.05, 0) is 12.1 Å². The highest BCUT2D eigenvalue weighted by molar-refractivity contribution is 5.76. The standard InChI is InChI=1S/C14H19N3O3/c1-2-14-17-11-4-3-10(9-12(11)20-14)19-8-5-13(18)16-7-6-15/h3-4,9H,2,5-8,15H2,1H3,(H,16,18). The first-order valence-corrected chi connectivity index (χ1v) is 6.72. The molecule has 0 unspecified atom stereocenters. The third-order valence-corrected chi connectivity index (χ3v) is 2.77. The third-order valence-electron chi connectivity index (χ3n) is 2.77. The molecule has 0 radical (unpaired) electrons. The summed E-state index contributed by atoms with van der Waals surface area (Å²) in [6.07, 6.45) is 1.06. The monoisotopic (exact) mass is 277 g/mol. The highest BCUT2D eigenvalue weighted by Gasteiger charge is 2.06. The fraction of sp³-hybridized carbons (Fsp3) is 0.429. The molecule has 1 heterocycles. The van der Waals surface area contributed by atoms with E-state index >= 15 is 0 Å². The summed E-state index contributed by atoms with van der Waals surface area (Å²) < 4.78 is 11.1. The van der Waals surface area contributed by atoms with Crippen molar-refractivity contribution in [3.05, 3.63) is 24.1 Å². The van der Waals surface area contributed by atoms with Crippen molar-refractivity contribution in [2.45, 2.75) is 19.8 Å². The zero-order chi connectivity index (χ0) is 14.4. The minimum Gasteiger partial charge on any atom is -0.493 e. The van der Waals surface area contributed by atoms with E-state index in [0.29, 0.717) is 43.3 Å². The van der Waals surface area contributed by atoms with E-state index in [1.807, 2.05) is 19.1 Å². The molecule has 108 valence electrons. The lowest BCUT2D eigenvalue weighted by Crippen LogP contribution is -2.29. The number of hydrogen-bond donors (Lipinski definition) is 2. The largest absolute Gasteiger partial charge is 0.493 e. The van der Waals surface area contributed by atoms with E-state index in [1.165, 1.54) is 0 Å². The first-order valence-electron chi connectivity index (χ1n) is 6.72. The van der Waals surface area contributed by atoms with Crippen LogP contribution in [0.1, 0.15) is 19.2 Å². The van der Waals surface area contributed by atoms with Crippen LogP contribution < -0.4 is 15.8 Å².